The molecule has 164 valence electrons. The van der Waals surface area contributed by atoms with Gasteiger partial charge in [0.05, 0.1) is 12.8 Å². The zero-order valence-electron chi connectivity index (χ0n) is 18.2. The van der Waals surface area contributed by atoms with Crippen LogP contribution in [0, 0.1) is 0 Å². The quantitative estimate of drug-likeness (QED) is 0.531. The molecule has 0 unspecified atom stereocenters. The number of piperazine rings is 1. The number of anilines is 1. The van der Waals surface area contributed by atoms with E-state index in [1.165, 1.54) is 0 Å². The molecule has 0 saturated carbocycles. The van der Waals surface area contributed by atoms with Crippen molar-refractivity contribution in [3.05, 3.63) is 90.3 Å². The van der Waals surface area contributed by atoms with Crippen LogP contribution in [0.15, 0.2) is 79.0 Å². The Morgan fingerprint density at radius 3 is 2.50 bits per heavy atom. The van der Waals surface area contributed by atoms with Crippen molar-refractivity contribution in [2.45, 2.75) is 6.61 Å². The molecule has 1 amide bonds. The molecule has 1 fully saturated rings. The predicted molar refractivity (Wildman–Crippen MR) is 126 cm³/mol. The van der Waals surface area contributed by atoms with Crippen LogP contribution >= 0.6 is 0 Å². The lowest BCUT2D eigenvalue weighted by atomic mass is 10.2. The summed E-state index contributed by atoms with van der Waals surface area (Å²) in [5, 5.41) is 0. The highest BCUT2D eigenvalue weighted by atomic mass is 16.5. The van der Waals surface area contributed by atoms with Crippen LogP contribution in [0.25, 0.3) is 6.08 Å². The van der Waals surface area contributed by atoms with Gasteiger partial charge in [-0.05, 0) is 48.0 Å². The molecule has 1 saturated heterocycles. The zero-order chi connectivity index (χ0) is 22.2. The minimum absolute atomic E-state index is 0.0331. The van der Waals surface area contributed by atoms with Crippen molar-refractivity contribution in [3.63, 3.8) is 0 Å². The van der Waals surface area contributed by atoms with Crippen LogP contribution in [0.1, 0.15) is 11.3 Å². The van der Waals surface area contributed by atoms with Crippen LogP contribution in [0.3, 0.4) is 0 Å². The Morgan fingerprint density at radius 2 is 1.78 bits per heavy atom. The van der Waals surface area contributed by atoms with E-state index in [4.69, 9.17) is 9.47 Å². The first kappa shape index (κ1) is 21.4. The minimum atomic E-state index is 0.0331. The Balaban J connectivity index is 1.26. The fourth-order valence-corrected chi connectivity index (χ4v) is 3.58. The molecule has 1 aliphatic rings. The Bertz CT molecular complexity index is 1040. The van der Waals surface area contributed by atoms with E-state index in [1.54, 1.807) is 19.4 Å². The summed E-state index contributed by atoms with van der Waals surface area (Å²) >= 11 is 0. The highest BCUT2D eigenvalue weighted by molar-refractivity contribution is 5.92. The third-order valence-corrected chi connectivity index (χ3v) is 5.42. The molecule has 6 heteroatoms. The molecule has 1 aliphatic heterocycles. The van der Waals surface area contributed by atoms with E-state index < -0.39 is 0 Å². The van der Waals surface area contributed by atoms with Crippen molar-refractivity contribution in [2.24, 2.45) is 0 Å². The van der Waals surface area contributed by atoms with Gasteiger partial charge in [-0.3, -0.25) is 9.78 Å². The van der Waals surface area contributed by atoms with E-state index in [9.17, 15) is 4.79 Å². The highest BCUT2D eigenvalue weighted by Crippen LogP contribution is 2.22. The zero-order valence-corrected chi connectivity index (χ0v) is 18.2. The van der Waals surface area contributed by atoms with Crippen molar-refractivity contribution in [3.8, 4) is 11.5 Å². The monoisotopic (exact) mass is 429 g/mol. The summed E-state index contributed by atoms with van der Waals surface area (Å²) in [6.45, 7) is 3.42. The maximum absolute atomic E-state index is 12.6. The summed E-state index contributed by atoms with van der Waals surface area (Å²) in [6.07, 6.45) is 5.24. The van der Waals surface area contributed by atoms with E-state index in [1.807, 2.05) is 71.6 Å². The van der Waals surface area contributed by atoms with Crippen LogP contribution in [-0.4, -0.2) is 49.1 Å². The Labute approximate surface area is 188 Å². The SMILES string of the molecule is COc1cccc(N2CCN(C(=O)C=Cc3ccc(OCc4ccccn4)cc3)CC2)c1. The number of aromatic nitrogens is 1. The molecule has 0 radical (unpaired) electrons. The van der Waals surface area contributed by atoms with Crippen molar-refractivity contribution < 1.29 is 14.3 Å². The van der Waals surface area contributed by atoms with Crippen molar-refractivity contribution in [1.29, 1.82) is 0 Å². The number of carbonyl (C=O) groups is 1. The average molecular weight is 430 g/mol. The van der Waals surface area contributed by atoms with Gasteiger partial charge in [0.1, 0.15) is 18.1 Å². The minimum Gasteiger partial charge on any atom is -0.497 e. The normalized spacial score (nSPS) is 13.9. The summed E-state index contributed by atoms with van der Waals surface area (Å²) in [6, 6.07) is 21.5. The maximum atomic E-state index is 12.6. The van der Waals surface area contributed by atoms with E-state index in [-0.39, 0.29) is 5.91 Å². The molecule has 3 aromatic rings. The number of carbonyl (C=O) groups excluding carboxylic acids is 1. The lowest BCUT2D eigenvalue weighted by molar-refractivity contribution is -0.126. The fraction of sp³-hybridized carbons (Fsp3) is 0.231. The van der Waals surface area contributed by atoms with Gasteiger partial charge >= 0.3 is 0 Å². The van der Waals surface area contributed by atoms with Gasteiger partial charge in [0, 0.05) is 50.2 Å². The van der Waals surface area contributed by atoms with Gasteiger partial charge < -0.3 is 19.3 Å². The van der Waals surface area contributed by atoms with Gasteiger partial charge in [-0.25, -0.2) is 0 Å². The maximum Gasteiger partial charge on any atom is 0.246 e. The van der Waals surface area contributed by atoms with Crippen LogP contribution in [0.2, 0.25) is 0 Å². The van der Waals surface area contributed by atoms with Crippen molar-refractivity contribution in [1.82, 2.24) is 9.88 Å². The molecule has 0 N–H and O–H groups in total. The third-order valence-electron chi connectivity index (χ3n) is 5.42. The molecule has 0 spiro atoms. The smallest absolute Gasteiger partial charge is 0.246 e. The molecule has 0 aliphatic carbocycles. The molecule has 6 nitrogen and oxygen atoms in total. The molecule has 0 atom stereocenters. The van der Waals surface area contributed by atoms with E-state index in [2.05, 4.69) is 16.0 Å². The first-order valence-electron chi connectivity index (χ1n) is 10.7. The van der Waals surface area contributed by atoms with Crippen LogP contribution in [0.5, 0.6) is 11.5 Å². The number of benzene rings is 2. The number of methoxy groups -OCH3 is 1. The molecule has 2 aromatic carbocycles. The van der Waals surface area contributed by atoms with Crippen LogP contribution in [0.4, 0.5) is 5.69 Å². The van der Waals surface area contributed by atoms with Gasteiger partial charge in [-0.2, -0.15) is 0 Å². The average Bonchev–Trinajstić information content (AvgIpc) is 2.87. The lowest BCUT2D eigenvalue weighted by Gasteiger charge is -2.35. The van der Waals surface area contributed by atoms with Crippen LogP contribution in [-0.2, 0) is 11.4 Å². The summed E-state index contributed by atoms with van der Waals surface area (Å²) < 4.78 is 11.1. The predicted octanol–water partition coefficient (Wildman–Crippen LogP) is 4.03. The van der Waals surface area contributed by atoms with Gasteiger partial charge in [0.25, 0.3) is 0 Å². The largest absolute Gasteiger partial charge is 0.497 e. The highest BCUT2D eigenvalue weighted by Gasteiger charge is 2.20. The Hall–Kier alpha value is -3.80. The van der Waals surface area contributed by atoms with Crippen molar-refractivity contribution in [2.75, 3.05) is 38.2 Å². The number of rotatable bonds is 7. The number of hydrogen-bond acceptors (Lipinski definition) is 5. The van der Waals surface area contributed by atoms with Gasteiger partial charge in [-0.1, -0.05) is 24.3 Å². The Morgan fingerprint density at radius 1 is 0.969 bits per heavy atom. The molecule has 32 heavy (non-hydrogen) atoms. The third kappa shape index (κ3) is 5.66. The Kier molecular flexibility index (Phi) is 7.02. The molecular formula is C26H27N3O3. The van der Waals surface area contributed by atoms with E-state index in [0.717, 1.165) is 41.5 Å². The number of nitrogens with zero attached hydrogens (tertiary/aromatic N) is 3. The molecular weight excluding hydrogens is 402 g/mol. The summed E-state index contributed by atoms with van der Waals surface area (Å²) in [7, 11) is 1.67. The van der Waals surface area contributed by atoms with Crippen LogP contribution < -0.4 is 14.4 Å². The molecule has 2 heterocycles. The second-order valence-corrected chi connectivity index (χ2v) is 7.53. The summed E-state index contributed by atoms with van der Waals surface area (Å²) in [4.78, 5) is 21.0. The first-order valence-corrected chi connectivity index (χ1v) is 10.7. The molecule has 1 aromatic heterocycles. The topological polar surface area (TPSA) is 54.9 Å². The molecule has 4 rings (SSSR count). The lowest BCUT2D eigenvalue weighted by Crippen LogP contribution is -2.48. The first-order chi connectivity index (χ1) is 15.7. The summed E-state index contributed by atoms with van der Waals surface area (Å²) in [5.74, 6) is 1.65. The van der Waals surface area contributed by atoms with E-state index >= 15 is 0 Å². The fourth-order valence-electron chi connectivity index (χ4n) is 3.58. The molecule has 0 bridgehead atoms. The number of pyridine rings is 1. The second-order valence-electron chi connectivity index (χ2n) is 7.53. The van der Waals surface area contributed by atoms with Gasteiger partial charge in [0.15, 0.2) is 0 Å². The van der Waals surface area contributed by atoms with Gasteiger partial charge in [-0.15, -0.1) is 0 Å². The number of hydrogen-bond donors (Lipinski definition) is 0. The van der Waals surface area contributed by atoms with E-state index in [0.29, 0.717) is 19.7 Å². The summed E-state index contributed by atoms with van der Waals surface area (Å²) in [5.41, 5.74) is 2.96. The standard InChI is InChI=1S/C26H27N3O3/c1-31-25-7-4-6-23(19-25)28-15-17-29(18-16-28)26(30)13-10-21-8-11-24(12-9-21)32-20-22-5-2-3-14-27-22/h2-14,19H,15-18,20H2,1H3. The second kappa shape index (κ2) is 10.5. The van der Waals surface area contributed by atoms with Gasteiger partial charge in [0.2, 0.25) is 5.91 Å². The number of amides is 1. The van der Waals surface area contributed by atoms with Crippen molar-refractivity contribution >= 4 is 17.7 Å². The number of ether oxygens (including phenoxy) is 2.